The largest absolute Gasteiger partial charge is 0.465 e. The molecule has 0 aliphatic heterocycles. The van der Waals surface area contributed by atoms with E-state index in [0.717, 1.165) is 230 Å². The first-order chi connectivity index (χ1) is 62.2. The van der Waals surface area contributed by atoms with E-state index in [1.54, 1.807) is 0 Å². The van der Waals surface area contributed by atoms with E-state index in [4.69, 9.17) is 74.5 Å². The Labute approximate surface area is 776 Å². The number of carbonyl (C=O) groups is 10. The van der Waals surface area contributed by atoms with Crippen molar-refractivity contribution in [1.82, 2.24) is 0 Å². The van der Waals surface area contributed by atoms with Crippen LogP contribution in [-0.2, 0) is 122 Å². The van der Waals surface area contributed by atoms with Gasteiger partial charge in [-0.2, -0.15) is 0 Å². The SMILES string of the molecule is C=CC(=O)OCCCCCCOC1CCC(C(=O)OC2CCC(OC(=O)C3CCC(OCCCCCCOC(=O)C=C)CC3)C(C(=O)OCCCCCCCC[Si](C)(C)O[Si](C)(C)O[Si](C)(C)CCCCCCCCOC(=O)C3CC(OC(=O)C4CCC(OCCCCCCOC(=O)C=C)CC4)CCC3OC(=O)C3CCC(OCCCCCCOC(=O)C=C)CC3)C2)CC1. The fourth-order valence-electron chi connectivity index (χ4n) is 19.0. The Morgan fingerprint density at radius 1 is 0.240 bits per heavy atom. The summed E-state index contributed by atoms with van der Waals surface area (Å²) < 4.78 is 95.9. The van der Waals surface area contributed by atoms with Gasteiger partial charge < -0.3 is 74.5 Å². The molecule has 29 heteroatoms. The van der Waals surface area contributed by atoms with Gasteiger partial charge in [0, 0.05) is 63.6 Å². The summed E-state index contributed by atoms with van der Waals surface area (Å²) in [5.41, 5.74) is 0. The third kappa shape index (κ3) is 48.7. The zero-order valence-corrected chi connectivity index (χ0v) is 83.2. The topological polar surface area (TPSA) is 318 Å². The van der Waals surface area contributed by atoms with Crippen molar-refractivity contribution in [2.24, 2.45) is 35.5 Å². The molecule has 0 heterocycles. The maximum Gasteiger partial charge on any atom is 0.330 e. The smallest absolute Gasteiger partial charge is 0.330 e. The average molecular weight is 1870 g/mol. The standard InChI is InChI=1S/C100H168O26Si3/c1-11-91(101)115-67-35-25-21-31-63-111-81-51-43-77(44-52-81)95(105)121-85-59-61-89(123-97(107)79-47-55-83(56-48-79)113-65-33-23-27-37-69-117-93(103)13-3)87(75-85)99(109)119-71-39-19-15-17-29-41-73-127(5,6)125-129(9,10)126-128(7,8)74-42-30-18-16-20-40-72-120-100(110)88-76-86(122-96(106)78-45-53-82(54-46-78)112-64-32-22-26-36-68-116-92(102)12-2)60-62-90(88)124-98(108)80-49-57-84(58-50-80)114-66-34-24-28-38-70-118-94(104)14-4/h11-14,77-90H,1-4,15-76H2,5-10H3. The van der Waals surface area contributed by atoms with Gasteiger partial charge in [0.25, 0.3) is 0 Å². The summed E-state index contributed by atoms with van der Waals surface area (Å²) in [4.78, 5) is 129. The Morgan fingerprint density at radius 2 is 0.450 bits per heavy atom. The fourth-order valence-corrected chi connectivity index (χ4v) is 33.2. The lowest BCUT2D eigenvalue weighted by Gasteiger charge is -2.39. The molecule has 0 N–H and O–H groups in total. The second-order valence-corrected chi connectivity index (χ2v) is 51.1. The first kappa shape index (κ1) is 112. The molecule has 6 rings (SSSR count). The van der Waals surface area contributed by atoms with Crippen molar-refractivity contribution in [2.75, 3.05) is 66.1 Å². The number of hydrogen-bond acceptors (Lipinski definition) is 26. The minimum Gasteiger partial charge on any atom is -0.465 e. The molecule has 6 fully saturated rings. The van der Waals surface area contributed by atoms with E-state index in [1.165, 1.54) is 24.3 Å². The van der Waals surface area contributed by atoms with Crippen LogP contribution in [0.3, 0.4) is 0 Å². The van der Waals surface area contributed by atoms with Crippen LogP contribution in [0.1, 0.15) is 321 Å². The number of hydrogen-bond donors (Lipinski definition) is 0. The van der Waals surface area contributed by atoms with Crippen LogP contribution >= 0.6 is 0 Å². The van der Waals surface area contributed by atoms with Crippen molar-refractivity contribution in [3.05, 3.63) is 50.6 Å². The van der Waals surface area contributed by atoms with Gasteiger partial charge in [0.2, 0.25) is 0 Å². The van der Waals surface area contributed by atoms with Gasteiger partial charge in [-0.15, -0.1) is 0 Å². The maximum atomic E-state index is 14.1. The lowest BCUT2D eigenvalue weighted by Crippen LogP contribution is -2.52. The van der Waals surface area contributed by atoms with Crippen LogP contribution in [0.5, 0.6) is 0 Å². The molecule has 6 aliphatic carbocycles. The minimum atomic E-state index is -2.44. The van der Waals surface area contributed by atoms with Gasteiger partial charge in [-0.1, -0.05) is 116 Å². The molecule has 0 bridgehead atoms. The predicted molar refractivity (Wildman–Crippen MR) is 501 cm³/mol. The molecule has 0 aromatic carbocycles. The molecule has 6 unspecified atom stereocenters. The van der Waals surface area contributed by atoms with E-state index in [9.17, 15) is 47.9 Å². The molecule has 6 atom stereocenters. The molecule has 6 aliphatic rings. The Balaban J connectivity index is 0.855. The number of esters is 10. The Morgan fingerprint density at radius 3 is 0.698 bits per heavy atom. The van der Waals surface area contributed by atoms with Gasteiger partial charge in [-0.05, 0) is 270 Å². The lowest BCUT2D eigenvalue weighted by atomic mass is 9.83. The van der Waals surface area contributed by atoms with Gasteiger partial charge in [-0.3, -0.25) is 28.8 Å². The number of rotatable bonds is 68. The molecule has 6 saturated carbocycles. The highest BCUT2D eigenvalue weighted by molar-refractivity contribution is 6.87. The number of ether oxygens (including phenoxy) is 14. The molecule has 0 saturated heterocycles. The summed E-state index contributed by atoms with van der Waals surface area (Å²) in [5, 5.41) is 0. The fraction of sp³-hybridized carbons (Fsp3) is 0.820. The van der Waals surface area contributed by atoms with Crippen molar-refractivity contribution in [1.29, 1.82) is 0 Å². The molecule has 26 nitrogen and oxygen atoms in total. The normalized spacial score (nSPS) is 23.8. The summed E-state index contributed by atoms with van der Waals surface area (Å²) >= 11 is 0. The molecule has 129 heavy (non-hydrogen) atoms. The number of carbonyl (C=O) groups excluding carboxylic acids is 10. The van der Waals surface area contributed by atoms with Crippen molar-refractivity contribution >= 4 is 84.9 Å². The van der Waals surface area contributed by atoms with E-state index in [-0.39, 0.29) is 98.0 Å². The summed E-state index contributed by atoms with van der Waals surface area (Å²) in [6, 6.07) is 2.09. The van der Waals surface area contributed by atoms with Crippen molar-refractivity contribution < 1.29 is 122 Å². The predicted octanol–water partition coefficient (Wildman–Crippen LogP) is 20.6. The highest BCUT2D eigenvalue weighted by Gasteiger charge is 2.46. The second-order valence-electron chi connectivity index (χ2n) is 38.6. The third-order valence-corrected chi connectivity index (χ3v) is 37.8. The quantitative estimate of drug-likeness (QED) is 0.0179. The molecular weight excluding hydrogens is 1700 g/mol. The van der Waals surface area contributed by atoms with Crippen LogP contribution in [0.2, 0.25) is 51.4 Å². The second kappa shape index (κ2) is 64.9. The Kier molecular flexibility index (Phi) is 56.2. The molecule has 0 amide bonds. The first-order valence-corrected chi connectivity index (χ1v) is 59.4. The Hall–Kier alpha value is -5.93. The van der Waals surface area contributed by atoms with Crippen molar-refractivity contribution in [3.63, 3.8) is 0 Å². The van der Waals surface area contributed by atoms with E-state index in [0.29, 0.717) is 143 Å². The first-order valence-electron chi connectivity index (χ1n) is 50.4. The van der Waals surface area contributed by atoms with Crippen LogP contribution in [0.25, 0.3) is 0 Å². The Bertz CT molecular complexity index is 3050. The lowest BCUT2D eigenvalue weighted by molar-refractivity contribution is -0.178. The molecular formula is C100H168O26Si3. The van der Waals surface area contributed by atoms with Crippen LogP contribution < -0.4 is 0 Å². The monoisotopic (exact) mass is 1870 g/mol. The van der Waals surface area contributed by atoms with Crippen LogP contribution in [-0.4, -0.2) is 200 Å². The van der Waals surface area contributed by atoms with Gasteiger partial charge in [0.05, 0.1) is 99.6 Å². The van der Waals surface area contributed by atoms with E-state index in [1.807, 2.05) is 0 Å². The molecule has 0 spiro atoms. The molecule has 0 radical (unpaired) electrons. The van der Waals surface area contributed by atoms with E-state index in [2.05, 4.69) is 65.6 Å². The summed E-state index contributed by atoms with van der Waals surface area (Å²) in [6.45, 7) is 32.0. The van der Waals surface area contributed by atoms with E-state index >= 15 is 0 Å². The van der Waals surface area contributed by atoms with Crippen LogP contribution in [0.4, 0.5) is 0 Å². The third-order valence-electron chi connectivity index (χ3n) is 26.3. The van der Waals surface area contributed by atoms with Gasteiger partial charge in [0.1, 0.15) is 24.4 Å². The van der Waals surface area contributed by atoms with Crippen molar-refractivity contribution in [3.8, 4) is 0 Å². The summed E-state index contributed by atoms with van der Waals surface area (Å²) in [6.07, 6.45) is 42.4. The molecule has 0 aromatic heterocycles. The zero-order chi connectivity index (χ0) is 93.3. The highest BCUT2D eigenvalue weighted by atomic mass is 28.5. The average Bonchev–Trinajstić information content (AvgIpc) is 0.823. The molecule has 0 aromatic rings. The maximum absolute atomic E-state index is 14.1. The van der Waals surface area contributed by atoms with Gasteiger partial charge in [0.15, 0.2) is 16.6 Å². The van der Waals surface area contributed by atoms with E-state index < -0.39 is 97.3 Å². The molecule has 736 valence electrons. The highest BCUT2D eigenvalue weighted by Crippen LogP contribution is 2.39. The van der Waals surface area contributed by atoms with Crippen LogP contribution in [0.15, 0.2) is 50.6 Å². The minimum absolute atomic E-state index is 0.0743. The van der Waals surface area contributed by atoms with Crippen molar-refractivity contribution in [2.45, 2.75) is 421 Å². The van der Waals surface area contributed by atoms with Gasteiger partial charge in [-0.25, -0.2) is 19.2 Å². The number of unbranched alkanes of at least 4 members (excludes halogenated alkanes) is 22. The van der Waals surface area contributed by atoms with Gasteiger partial charge >= 0.3 is 68.3 Å². The zero-order valence-electron chi connectivity index (χ0n) is 80.2. The summed E-state index contributed by atoms with van der Waals surface area (Å²) in [5.74, 6) is -6.09. The summed E-state index contributed by atoms with van der Waals surface area (Å²) in [7, 11) is -6.52. The van der Waals surface area contributed by atoms with Crippen LogP contribution in [0, 0.1) is 35.5 Å².